The molecule has 0 radical (unpaired) electrons. The third kappa shape index (κ3) is 5.90. The number of aromatic amines is 1. The van der Waals surface area contributed by atoms with Crippen LogP contribution in [0.25, 0.3) is 22.7 Å². The summed E-state index contributed by atoms with van der Waals surface area (Å²) < 4.78 is 10.7. The van der Waals surface area contributed by atoms with Crippen LogP contribution < -0.4 is 10.6 Å². The number of H-pyrrole nitrogens is 1. The fourth-order valence-corrected chi connectivity index (χ4v) is 4.17. The van der Waals surface area contributed by atoms with Crippen molar-refractivity contribution in [2.45, 2.75) is 45.2 Å². The highest BCUT2D eigenvalue weighted by Crippen LogP contribution is 2.27. The molecule has 0 fully saturated rings. The Hall–Kier alpha value is -4.73. The first-order valence-electron chi connectivity index (χ1n) is 12.7. The van der Waals surface area contributed by atoms with E-state index in [2.05, 4.69) is 25.8 Å². The van der Waals surface area contributed by atoms with E-state index in [9.17, 15) is 14.4 Å². The number of rotatable bonds is 10. The predicted octanol–water partition coefficient (Wildman–Crippen LogP) is 4.47. The highest BCUT2D eigenvalue weighted by Gasteiger charge is 2.39. The second-order valence-corrected chi connectivity index (χ2v) is 9.20. The fraction of sp³-hybridized carbons (Fsp3) is 0.276. The van der Waals surface area contributed by atoms with Gasteiger partial charge in [-0.25, -0.2) is 9.78 Å². The maximum Gasteiger partial charge on any atom is 0.336 e. The van der Waals surface area contributed by atoms with E-state index in [0.29, 0.717) is 22.5 Å². The Bertz CT molecular complexity index is 1460. The predicted molar refractivity (Wildman–Crippen MR) is 145 cm³/mol. The Morgan fingerprint density at radius 1 is 1.00 bits per heavy atom. The van der Waals surface area contributed by atoms with Crippen molar-refractivity contribution in [3.63, 3.8) is 0 Å². The summed E-state index contributed by atoms with van der Waals surface area (Å²) in [6.45, 7) is 5.62. The van der Waals surface area contributed by atoms with Gasteiger partial charge < -0.3 is 19.8 Å². The molecule has 1 atom stereocenters. The standard InChI is InChI=1S/C29H31N5O5/c1-5-21(6-2)31-25(35)23-16-22(33-34-23)18-11-10-12-19(15-18)27-30-17-24(39-27)26(36)32-29(3,28(37)38-4)20-13-8-7-9-14-20/h7-17,21H,5-6H2,1-4H3,(H,31,35)(H,32,36)(H,33,34)/t29-/m1/s1. The lowest BCUT2D eigenvalue weighted by molar-refractivity contribution is -0.148. The second-order valence-electron chi connectivity index (χ2n) is 9.20. The number of nitrogens with one attached hydrogen (secondary N) is 3. The summed E-state index contributed by atoms with van der Waals surface area (Å²) in [5.41, 5.74) is 1.41. The first kappa shape index (κ1) is 27.3. The number of carbonyl (C=O) groups excluding carboxylic acids is 3. The Balaban J connectivity index is 1.53. The van der Waals surface area contributed by atoms with Crippen molar-refractivity contribution in [2.75, 3.05) is 7.11 Å². The molecule has 0 saturated heterocycles. The van der Waals surface area contributed by atoms with Gasteiger partial charge in [-0.15, -0.1) is 0 Å². The number of amides is 2. The minimum atomic E-state index is -1.43. The van der Waals surface area contributed by atoms with Gasteiger partial charge in [0.05, 0.1) is 19.0 Å². The first-order valence-corrected chi connectivity index (χ1v) is 12.7. The molecule has 202 valence electrons. The number of hydrogen-bond donors (Lipinski definition) is 3. The Kier molecular flexibility index (Phi) is 8.24. The lowest BCUT2D eigenvalue weighted by Crippen LogP contribution is -2.50. The van der Waals surface area contributed by atoms with Crippen molar-refractivity contribution in [2.24, 2.45) is 0 Å². The number of benzene rings is 2. The van der Waals surface area contributed by atoms with E-state index in [-0.39, 0.29) is 23.6 Å². The lowest BCUT2D eigenvalue weighted by Gasteiger charge is -2.27. The average Bonchev–Trinajstić information content (AvgIpc) is 3.67. The molecule has 4 aromatic rings. The normalized spacial score (nSPS) is 12.5. The molecule has 0 bridgehead atoms. The van der Waals surface area contributed by atoms with Crippen LogP contribution in [0.2, 0.25) is 0 Å². The molecule has 2 aromatic heterocycles. The number of aromatic nitrogens is 3. The highest BCUT2D eigenvalue weighted by atomic mass is 16.5. The Morgan fingerprint density at radius 2 is 1.72 bits per heavy atom. The van der Waals surface area contributed by atoms with Crippen molar-refractivity contribution in [3.8, 4) is 22.7 Å². The topological polar surface area (TPSA) is 139 Å². The molecule has 2 aromatic carbocycles. The van der Waals surface area contributed by atoms with Gasteiger partial charge in [-0.05, 0) is 43.5 Å². The molecule has 0 aliphatic heterocycles. The smallest absolute Gasteiger partial charge is 0.336 e. The van der Waals surface area contributed by atoms with Crippen molar-refractivity contribution in [1.29, 1.82) is 0 Å². The van der Waals surface area contributed by atoms with E-state index >= 15 is 0 Å². The summed E-state index contributed by atoms with van der Waals surface area (Å²) in [5, 5.41) is 12.8. The summed E-state index contributed by atoms with van der Waals surface area (Å²) in [5.74, 6) is -1.31. The van der Waals surface area contributed by atoms with Gasteiger partial charge in [-0.2, -0.15) is 5.10 Å². The molecular formula is C29H31N5O5. The number of ether oxygens (including phenoxy) is 1. The number of nitrogens with zero attached hydrogens (tertiary/aromatic N) is 2. The average molecular weight is 530 g/mol. The fourth-order valence-electron chi connectivity index (χ4n) is 4.17. The molecule has 10 nitrogen and oxygen atoms in total. The van der Waals surface area contributed by atoms with E-state index in [1.807, 2.05) is 26.0 Å². The molecule has 0 aliphatic rings. The van der Waals surface area contributed by atoms with Gasteiger partial charge in [0.2, 0.25) is 11.7 Å². The van der Waals surface area contributed by atoms with Crippen molar-refractivity contribution >= 4 is 17.8 Å². The van der Waals surface area contributed by atoms with Gasteiger partial charge >= 0.3 is 5.97 Å². The Labute approximate surface area is 226 Å². The van der Waals surface area contributed by atoms with Gasteiger partial charge in [0, 0.05) is 17.2 Å². The molecule has 0 aliphatic carbocycles. The van der Waals surface area contributed by atoms with Crippen LogP contribution in [0.3, 0.4) is 0 Å². The molecular weight excluding hydrogens is 498 g/mol. The first-order chi connectivity index (χ1) is 18.8. The largest absolute Gasteiger partial charge is 0.467 e. The summed E-state index contributed by atoms with van der Waals surface area (Å²) in [7, 11) is 1.26. The lowest BCUT2D eigenvalue weighted by atomic mass is 9.92. The van der Waals surface area contributed by atoms with E-state index in [4.69, 9.17) is 9.15 Å². The zero-order valence-electron chi connectivity index (χ0n) is 22.3. The van der Waals surface area contributed by atoms with Gasteiger partial charge in [0.1, 0.15) is 5.69 Å². The van der Waals surface area contributed by atoms with Crippen molar-refractivity contribution in [3.05, 3.63) is 83.9 Å². The van der Waals surface area contributed by atoms with Crippen LogP contribution in [-0.2, 0) is 15.1 Å². The number of esters is 1. The van der Waals surface area contributed by atoms with Gasteiger partial charge in [0.25, 0.3) is 11.8 Å². The molecule has 2 heterocycles. The third-order valence-corrected chi connectivity index (χ3v) is 6.59. The molecule has 0 unspecified atom stereocenters. The minimum Gasteiger partial charge on any atom is -0.467 e. The molecule has 3 N–H and O–H groups in total. The molecule has 39 heavy (non-hydrogen) atoms. The van der Waals surface area contributed by atoms with Crippen LogP contribution in [0.4, 0.5) is 0 Å². The molecule has 0 spiro atoms. The third-order valence-electron chi connectivity index (χ3n) is 6.59. The summed E-state index contributed by atoms with van der Waals surface area (Å²) in [6.07, 6.45) is 2.99. The van der Waals surface area contributed by atoms with Crippen LogP contribution in [0, 0.1) is 0 Å². The number of carbonyl (C=O) groups is 3. The quantitative estimate of drug-likeness (QED) is 0.258. The molecule has 0 saturated carbocycles. The van der Waals surface area contributed by atoms with Crippen LogP contribution in [0.5, 0.6) is 0 Å². The van der Waals surface area contributed by atoms with E-state index in [1.165, 1.54) is 13.3 Å². The van der Waals surface area contributed by atoms with Crippen molar-refractivity contribution < 1.29 is 23.5 Å². The number of hydrogen-bond acceptors (Lipinski definition) is 7. The van der Waals surface area contributed by atoms with E-state index in [0.717, 1.165) is 18.4 Å². The summed E-state index contributed by atoms with van der Waals surface area (Å²) >= 11 is 0. The SMILES string of the molecule is CCC(CC)NC(=O)c1cc(-c2cccc(-c3ncc(C(=O)N[C@@](C)(C(=O)OC)c4ccccc4)o3)c2)n[nH]1. The maximum absolute atomic E-state index is 13.1. The van der Waals surface area contributed by atoms with Crippen molar-refractivity contribution in [1.82, 2.24) is 25.8 Å². The van der Waals surface area contributed by atoms with Crippen LogP contribution in [-0.4, -0.2) is 46.1 Å². The van der Waals surface area contributed by atoms with E-state index in [1.54, 1.807) is 55.5 Å². The maximum atomic E-state index is 13.1. The van der Waals surface area contributed by atoms with Crippen LogP contribution >= 0.6 is 0 Å². The van der Waals surface area contributed by atoms with Crippen LogP contribution in [0.15, 0.2) is 71.3 Å². The van der Waals surface area contributed by atoms with E-state index < -0.39 is 17.4 Å². The zero-order chi connectivity index (χ0) is 28.0. The summed E-state index contributed by atoms with van der Waals surface area (Å²) in [6, 6.07) is 17.8. The number of oxazole rings is 1. The zero-order valence-corrected chi connectivity index (χ0v) is 22.3. The highest BCUT2D eigenvalue weighted by molar-refractivity contribution is 5.96. The van der Waals surface area contributed by atoms with Gasteiger partial charge in [-0.3, -0.25) is 14.7 Å². The van der Waals surface area contributed by atoms with Gasteiger partial charge in [-0.1, -0.05) is 56.3 Å². The van der Waals surface area contributed by atoms with Gasteiger partial charge in [0.15, 0.2) is 5.54 Å². The second kappa shape index (κ2) is 11.8. The number of methoxy groups -OCH3 is 1. The minimum absolute atomic E-state index is 0.0680. The molecule has 10 heteroatoms. The monoisotopic (exact) mass is 529 g/mol. The summed E-state index contributed by atoms with van der Waals surface area (Å²) in [4.78, 5) is 42.5. The van der Waals surface area contributed by atoms with Crippen LogP contribution in [0.1, 0.15) is 60.2 Å². The Morgan fingerprint density at radius 3 is 2.41 bits per heavy atom. The molecule has 2 amide bonds. The molecule has 4 rings (SSSR count).